The van der Waals surface area contributed by atoms with Crippen molar-refractivity contribution in [1.82, 2.24) is 19.8 Å². The number of carbonyl (C=O) groups excluding carboxylic acids is 4. The molecule has 5 rings (SSSR count). The molecule has 0 spiro atoms. The van der Waals surface area contributed by atoms with Gasteiger partial charge in [-0.3, -0.25) is 28.9 Å². The van der Waals surface area contributed by atoms with Gasteiger partial charge in [0.05, 0.1) is 6.07 Å². The Kier molecular flexibility index (Phi) is 8.39. The summed E-state index contributed by atoms with van der Waals surface area (Å²) in [6.07, 6.45) is 0.630. The number of phenolic OH excluding ortho intramolecular Hbond substituents is 1. The summed E-state index contributed by atoms with van der Waals surface area (Å²) in [6.45, 7) is 3.27. The first kappa shape index (κ1) is 31.9. The van der Waals surface area contributed by atoms with Gasteiger partial charge < -0.3 is 31.1 Å². The lowest BCUT2D eigenvalue weighted by molar-refractivity contribution is -0.166. The summed E-state index contributed by atoms with van der Waals surface area (Å²) in [5.74, 6) is -4.77. The molecule has 4 amide bonds. The number of nitrogens with one attached hydrogen (secondary N) is 2. The number of phenols is 1. The number of hydrogen-bond acceptors (Lipinski definition) is 11. The van der Waals surface area contributed by atoms with Crippen LogP contribution in [0.4, 0.5) is 5.69 Å². The number of nitriles is 1. The van der Waals surface area contributed by atoms with Crippen molar-refractivity contribution >= 4 is 47.0 Å². The molecule has 6 N–H and O–H groups in total. The van der Waals surface area contributed by atoms with Crippen LogP contribution >= 0.6 is 11.8 Å². The molecule has 1 unspecified atom stereocenters. The van der Waals surface area contributed by atoms with Crippen molar-refractivity contribution in [3.05, 3.63) is 76.2 Å². The molecule has 2 fully saturated rings. The number of aromatic nitrogens is 2. The van der Waals surface area contributed by atoms with E-state index in [1.807, 2.05) is 0 Å². The molecule has 2 saturated heterocycles. The maximum Gasteiger partial charge on any atom is 0.327 e. The molecule has 0 saturated carbocycles. The van der Waals surface area contributed by atoms with Crippen LogP contribution in [0.15, 0.2) is 59.5 Å². The Morgan fingerprint density at radius 1 is 1.15 bits per heavy atom. The van der Waals surface area contributed by atoms with Gasteiger partial charge >= 0.3 is 5.97 Å². The molecule has 15 nitrogen and oxygen atoms in total. The third kappa shape index (κ3) is 5.69. The number of aliphatic carboxylic acids is 1. The van der Waals surface area contributed by atoms with Gasteiger partial charge in [0.25, 0.3) is 23.3 Å². The highest BCUT2D eigenvalue weighted by molar-refractivity contribution is 8.01. The first-order chi connectivity index (χ1) is 21.7. The molecule has 0 radical (unpaired) electrons. The minimum Gasteiger partial charge on any atom is -0.508 e. The van der Waals surface area contributed by atoms with E-state index in [1.54, 1.807) is 19.9 Å². The number of thioether (sulfide) groups is 1. The molecule has 16 heteroatoms. The maximum atomic E-state index is 14.0. The number of fused-ring (bicyclic) bond motifs is 1. The number of carboxylic acids is 1. The zero-order chi connectivity index (χ0) is 33.5. The number of β-lactam (4-membered cyclic amide) rings is 1. The Hall–Kier alpha value is -5.53. The van der Waals surface area contributed by atoms with Gasteiger partial charge in [-0.05, 0) is 55.8 Å². The van der Waals surface area contributed by atoms with Crippen molar-refractivity contribution in [3.63, 3.8) is 0 Å². The van der Waals surface area contributed by atoms with Crippen molar-refractivity contribution < 1.29 is 34.2 Å². The number of nitrogens with two attached hydrogens (primary N) is 1. The Morgan fingerprint density at radius 3 is 2.39 bits per heavy atom. The fourth-order valence-electron chi connectivity index (χ4n) is 5.38. The Labute approximate surface area is 265 Å². The predicted octanol–water partition coefficient (Wildman–Crippen LogP) is 1.18. The fraction of sp³-hybridized carbons (Fsp3) is 0.267. The quantitative estimate of drug-likeness (QED) is 0.217. The normalized spacial score (nSPS) is 20.1. The SMILES string of the molecule is CC1(C)S[C@@H]2[C@H](N(C(=O)c3cnc(-c4ccc(NC(=O)CC#N)cc4)[nH]c3=O)C(=O)C(N)c3ccc(O)cc3)C(=O)N2[C@H]1C(=O)O. The fourth-order valence-corrected chi connectivity index (χ4v) is 7.05. The molecule has 3 heterocycles. The van der Waals surface area contributed by atoms with Crippen molar-refractivity contribution in [3.8, 4) is 23.2 Å². The number of amides is 4. The lowest BCUT2D eigenvalue weighted by atomic mass is 9.94. The number of hydrogen-bond donors (Lipinski definition) is 5. The zero-order valence-corrected chi connectivity index (χ0v) is 25.1. The third-order valence-corrected chi connectivity index (χ3v) is 9.17. The van der Waals surface area contributed by atoms with E-state index in [0.29, 0.717) is 16.2 Å². The lowest BCUT2D eigenvalue weighted by Crippen LogP contribution is -2.72. The van der Waals surface area contributed by atoms with Gasteiger partial charge in [-0.15, -0.1) is 11.8 Å². The van der Waals surface area contributed by atoms with Crippen molar-refractivity contribution in [1.29, 1.82) is 5.26 Å². The van der Waals surface area contributed by atoms with Crippen LogP contribution in [0.5, 0.6) is 5.75 Å². The molecule has 4 atom stereocenters. The van der Waals surface area contributed by atoms with Gasteiger partial charge in [0.15, 0.2) is 0 Å². The average molecular weight is 646 g/mol. The van der Waals surface area contributed by atoms with E-state index in [0.717, 1.165) is 22.9 Å². The van der Waals surface area contributed by atoms with Gasteiger partial charge in [0, 0.05) is 22.2 Å². The molecular formula is C30H27N7O8S. The summed E-state index contributed by atoms with van der Waals surface area (Å²) >= 11 is 1.11. The van der Waals surface area contributed by atoms with E-state index in [-0.39, 0.29) is 23.6 Å². The highest BCUT2D eigenvalue weighted by Crippen LogP contribution is 2.52. The van der Waals surface area contributed by atoms with Gasteiger partial charge in [-0.2, -0.15) is 5.26 Å². The molecule has 236 valence electrons. The molecule has 2 aliphatic rings. The van der Waals surface area contributed by atoms with Gasteiger partial charge in [0.2, 0.25) is 5.91 Å². The van der Waals surface area contributed by atoms with E-state index in [4.69, 9.17) is 11.0 Å². The van der Waals surface area contributed by atoms with Crippen molar-refractivity contribution in [2.45, 2.75) is 48.5 Å². The monoisotopic (exact) mass is 645 g/mol. The van der Waals surface area contributed by atoms with Crippen LogP contribution in [0, 0.1) is 11.3 Å². The van der Waals surface area contributed by atoms with E-state index < -0.39 is 69.0 Å². The summed E-state index contributed by atoms with van der Waals surface area (Å²) in [5, 5.41) is 29.7. The number of anilines is 1. The number of rotatable bonds is 8. The number of carbonyl (C=O) groups is 5. The van der Waals surface area contributed by atoms with Gasteiger partial charge in [-0.25, -0.2) is 9.78 Å². The summed E-state index contributed by atoms with van der Waals surface area (Å²) in [7, 11) is 0. The number of benzene rings is 2. The molecule has 46 heavy (non-hydrogen) atoms. The predicted molar refractivity (Wildman–Crippen MR) is 163 cm³/mol. The minimum atomic E-state index is -1.49. The number of carboxylic acid groups (broad SMARTS) is 1. The van der Waals surface area contributed by atoms with Gasteiger partial charge in [-0.1, -0.05) is 12.1 Å². The Balaban J connectivity index is 1.48. The second-order valence-corrected chi connectivity index (χ2v) is 12.8. The maximum absolute atomic E-state index is 14.0. The van der Waals surface area contributed by atoms with Crippen molar-refractivity contribution in [2.24, 2.45) is 5.73 Å². The Morgan fingerprint density at radius 2 is 1.80 bits per heavy atom. The van der Waals surface area contributed by atoms with E-state index >= 15 is 0 Å². The minimum absolute atomic E-state index is 0.0541. The highest BCUT2D eigenvalue weighted by Gasteiger charge is 2.66. The molecule has 2 aromatic carbocycles. The molecule has 3 aromatic rings. The first-order valence-corrected chi connectivity index (χ1v) is 14.6. The highest BCUT2D eigenvalue weighted by atomic mass is 32.2. The summed E-state index contributed by atoms with van der Waals surface area (Å²) < 4.78 is -0.966. The number of nitrogens with zero attached hydrogens (tertiary/aromatic N) is 4. The summed E-state index contributed by atoms with van der Waals surface area (Å²) in [6, 6.07) is 9.00. The van der Waals surface area contributed by atoms with Crippen LogP contribution in [-0.4, -0.2) is 81.8 Å². The van der Waals surface area contributed by atoms with Gasteiger partial charge in [0.1, 0.15) is 47.1 Å². The molecule has 0 bridgehead atoms. The summed E-state index contributed by atoms with van der Waals surface area (Å²) in [5.41, 5.74) is 5.75. The second-order valence-electron chi connectivity index (χ2n) is 11.1. The van der Waals surface area contributed by atoms with E-state index in [1.165, 1.54) is 48.5 Å². The first-order valence-electron chi connectivity index (χ1n) is 13.8. The van der Waals surface area contributed by atoms with Crippen LogP contribution in [0.1, 0.15) is 42.2 Å². The Bertz CT molecular complexity index is 1850. The van der Waals surface area contributed by atoms with Crippen LogP contribution in [-0.2, 0) is 19.2 Å². The molecule has 2 aliphatic heterocycles. The van der Waals surface area contributed by atoms with Crippen LogP contribution in [0.2, 0.25) is 0 Å². The van der Waals surface area contributed by atoms with Crippen LogP contribution in [0.3, 0.4) is 0 Å². The third-order valence-electron chi connectivity index (χ3n) is 7.61. The molecule has 0 aliphatic carbocycles. The topological polar surface area (TPSA) is 240 Å². The zero-order valence-electron chi connectivity index (χ0n) is 24.3. The van der Waals surface area contributed by atoms with Crippen molar-refractivity contribution in [2.75, 3.05) is 5.32 Å². The molecular weight excluding hydrogens is 618 g/mol. The smallest absolute Gasteiger partial charge is 0.327 e. The second kappa shape index (κ2) is 12.1. The van der Waals surface area contributed by atoms with E-state index in [9.17, 15) is 39.0 Å². The average Bonchev–Trinajstić information content (AvgIpc) is 3.26. The largest absolute Gasteiger partial charge is 0.508 e. The standard InChI is InChI=1S/C30H27N7O8S/c1-30(2)22(29(44)45)37-27(43)21(28(37)46-30)36(26(42)20(32)14-5-9-17(38)10-6-14)25(41)18-13-33-23(35-24(18)40)15-3-7-16(8-4-15)34-19(39)11-12-31/h3-10,13,20-22,28,38H,11,32H2,1-2H3,(H,34,39)(H,44,45)(H,33,35,40)/t20?,21-,22+,28-/m1/s1. The number of H-pyrrole nitrogens is 1. The van der Waals surface area contributed by atoms with Crippen LogP contribution in [0.25, 0.3) is 11.4 Å². The lowest BCUT2D eigenvalue weighted by Gasteiger charge is -2.47. The summed E-state index contributed by atoms with van der Waals surface area (Å²) in [4.78, 5) is 86.6. The molecule has 1 aromatic heterocycles. The van der Waals surface area contributed by atoms with E-state index in [2.05, 4.69) is 15.3 Å². The van der Waals surface area contributed by atoms with Crippen LogP contribution < -0.4 is 16.6 Å². The number of imide groups is 1. The number of aromatic hydroxyl groups is 1. The number of aromatic amines is 1.